The summed E-state index contributed by atoms with van der Waals surface area (Å²) in [4.78, 5) is 17.5. The molecule has 0 saturated carbocycles. The highest BCUT2D eigenvalue weighted by atomic mass is 16.2. The Morgan fingerprint density at radius 3 is 3.27 bits per heavy atom. The number of nitrogens with zero attached hydrogens (tertiary/aromatic N) is 2. The van der Waals surface area contributed by atoms with Gasteiger partial charge in [0.15, 0.2) is 0 Å². The Morgan fingerprint density at radius 1 is 1.53 bits per heavy atom. The molecule has 80 valence electrons. The summed E-state index contributed by atoms with van der Waals surface area (Å²) in [6, 6.07) is 3.96. The van der Waals surface area contributed by atoms with Crippen molar-refractivity contribution in [3.63, 3.8) is 0 Å². The van der Waals surface area contributed by atoms with Crippen LogP contribution in [0.2, 0.25) is 0 Å². The van der Waals surface area contributed by atoms with Gasteiger partial charge in [-0.15, -0.1) is 0 Å². The van der Waals surface area contributed by atoms with E-state index >= 15 is 0 Å². The van der Waals surface area contributed by atoms with E-state index in [9.17, 15) is 4.79 Å². The van der Waals surface area contributed by atoms with E-state index in [0.717, 1.165) is 31.6 Å². The van der Waals surface area contributed by atoms with E-state index in [2.05, 4.69) is 15.2 Å². The van der Waals surface area contributed by atoms with Crippen molar-refractivity contribution in [2.45, 2.75) is 13.0 Å². The summed E-state index contributed by atoms with van der Waals surface area (Å²) in [5.41, 5.74) is 1.16. The van der Waals surface area contributed by atoms with E-state index in [1.54, 1.807) is 6.20 Å². The third-order valence-electron chi connectivity index (χ3n) is 2.47. The van der Waals surface area contributed by atoms with Crippen LogP contribution in [0.15, 0.2) is 24.5 Å². The van der Waals surface area contributed by atoms with E-state index in [1.165, 1.54) is 0 Å². The van der Waals surface area contributed by atoms with Gasteiger partial charge in [0.2, 0.25) is 5.91 Å². The first-order valence-electron chi connectivity index (χ1n) is 5.22. The molecule has 0 unspecified atom stereocenters. The Balaban J connectivity index is 1.96. The first-order valence-corrected chi connectivity index (χ1v) is 5.22. The topological polar surface area (TPSA) is 45.2 Å². The van der Waals surface area contributed by atoms with Crippen molar-refractivity contribution in [1.29, 1.82) is 0 Å². The largest absolute Gasteiger partial charge is 0.355 e. The quantitative estimate of drug-likeness (QED) is 0.760. The Hall–Kier alpha value is -1.42. The van der Waals surface area contributed by atoms with Crippen molar-refractivity contribution < 1.29 is 4.79 Å². The lowest BCUT2D eigenvalue weighted by molar-refractivity contribution is -0.121. The summed E-state index contributed by atoms with van der Waals surface area (Å²) in [6.45, 7) is 3.06. The fraction of sp³-hybridized carbons (Fsp3) is 0.455. The number of rotatable bonds is 2. The minimum absolute atomic E-state index is 0.122. The molecule has 1 aliphatic heterocycles. The van der Waals surface area contributed by atoms with Crippen molar-refractivity contribution in [2.24, 2.45) is 0 Å². The molecule has 0 radical (unpaired) electrons. The van der Waals surface area contributed by atoms with Gasteiger partial charge >= 0.3 is 0 Å². The summed E-state index contributed by atoms with van der Waals surface area (Å²) in [7, 11) is 0. The molecule has 1 amide bonds. The molecule has 0 atom stereocenters. The summed E-state index contributed by atoms with van der Waals surface area (Å²) in [5.74, 6) is 0.122. The molecule has 0 bridgehead atoms. The maximum absolute atomic E-state index is 11.3. The average Bonchev–Trinajstić information content (AvgIpc) is 2.44. The Morgan fingerprint density at radius 2 is 2.47 bits per heavy atom. The van der Waals surface area contributed by atoms with Gasteiger partial charge in [-0.05, 0) is 18.1 Å². The lowest BCUT2D eigenvalue weighted by Crippen LogP contribution is -2.32. The monoisotopic (exact) mass is 205 g/mol. The van der Waals surface area contributed by atoms with Crippen molar-refractivity contribution in [3.05, 3.63) is 30.1 Å². The standard InChI is InChI=1S/C11H15N3O/c15-11-9-14(6-2-5-13-11)8-10-3-1-4-12-7-10/h1,3-4,7H,2,5-6,8-9H2,(H,13,15). The van der Waals surface area contributed by atoms with Gasteiger partial charge in [-0.25, -0.2) is 0 Å². The van der Waals surface area contributed by atoms with Crippen LogP contribution in [0.25, 0.3) is 0 Å². The first kappa shape index (κ1) is 10.1. The Labute approximate surface area is 89.3 Å². The van der Waals surface area contributed by atoms with E-state index in [1.807, 2.05) is 18.3 Å². The molecule has 1 aromatic heterocycles. The molecular formula is C11H15N3O. The number of carbonyl (C=O) groups excluding carboxylic acids is 1. The molecule has 1 aromatic rings. The molecule has 0 aromatic carbocycles. The van der Waals surface area contributed by atoms with Crippen LogP contribution in [0.1, 0.15) is 12.0 Å². The smallest absolute Gasteiger partial charge is 0.234 e. The van der Waals surface area contributed by atoms with Gasteiger partial charge < -0.3 is 5.32 Å². The molecule has 0 spiro atoms. The molecule has 4 nitrogen and oxygen atoms in total. The van der Waals surface area contributed by atoms with Crippen LogP contribution >= 0.6 is 0 Å². The highest BCUT2D eigenvalue weighted by Gasteiger charge is 2.14. The highest BCUT2D eigenvalue weighted by molar-refractivity contribution is 5.78. The van der Waals surface area contributed by atoms with Gasteiger partial charge in [-0.2, -0.15) is 0 Å². The average molecular weight is 205 g/mol. The number of aromatic nitrogens is 1. The molecule has 0 aliphatic carbocycles. The van der Waals surface area contributed by atoms with E-state index in [4.69, 9.17) is 0 Å². The maximum atomic E-state index is 11.3. The molecule has 15 heavy (non-hydrogen) atoms. The summed E-state index contributed by atoms with van der Waals surface area (Å²) >= 11 is 0. The molecule has 1 fully saturated rings. The van der Waals surface area contributed by atoms with Crippen LogP contribution in [0.5, 0.6) is 0 Å². The van der Waals surface area contributed by atoms with Crippen molar-refractivity contribution >= 4 is 5.91 Å². The maximum Gasteiger partial charge on any atom is 0.234 e. The van der Waals surface area contributed by atoms with Crippen molar-refractivity contribution in [1.82, 2.24) is 15.2 Å². The van der Waals surface area contributed by atoms with Crippen molar-refractivity contribution in [3.8, 4) is 0 Å². The van der Waals surface area contributed by atoms with Gasteiger partial charge in [0.1, 0.15) is 0 Å². The van der Waals surface area contributed by atoms with Crippen molar-refractivity contribution in [2.75, 3.05) is 19.6 Å². The number of carbonyl (C=O) groups is 1. The molecule has 4 heteroatoms. The van der Waals surface area contributed by atoms with Gasteiger partial charge in [-0.3, -0.25) is 14.7 Å². The minimum atomic E-state index is 0.122. The molecule has 1 N–H and O–H groups in total. The molecule has 1 saturated heterocycles. The number of hydrogen-bond acceptors (Lipinski definition) is 3. The van der Waals surface area contributed by atoms with Crippen LogP contribution in [-0.2, 0) is 11.3 Å². The SMILES string of the molecule is O=C1CN(Cc2cccnc2)CCCN1. The van der Waals surface area contributed by atoms with Crippen LogP contribution < -0.4 is 5.32 Å². The zero-order valence-corrected chi connectivity index (χ0v) is 8.65. The first-order chi connectivity index (χ1) is 7.34. The van der Waals surface area contributed by atoms with E-state index in [0.29, 0.717) is 6.54 Å². The molecule has 2 rings (SSSR count). The normalized spacial score (nSPS) is 18.3. The third-order valence-corrected chi connectivity index (χ3v) is 2.47. The van der Waals surface area contributed by atoms with Gasteiger partial charge in [0.05, 0.1) is 6.54 Å². The van der Waals surface area contributed by atoms with Crippen LogP contribution in [0, 0.1) is 0 Å². The van der Waals surface area contributed by atoms with Crippen LogP contribution in [-0.4, -0.2) is 35.4 Å². The molecule has 2 heterocycles. The second-order valence-electron chi connectivity index (χ2n) is 3.78. The zero-order valence-electron chi connectivity index (χ0n) is 8.65. The predicted molar refractivity (Wildman–Crippen MR) is 57.1 cm³/mol. The van der Waals surface area contributed by atoms with Gasteiger partial charge in [-0.1, -0.05) is 6.07 Å². The fourth-order valence-corrected chi connectivity index (χ4v) is 1.75. The second-order valence-corrected chi connectivity index (χ2v) is 3.78. The van der Waals surface area contributed by atoms with Gasteiger partial charge in [0, 0.05) is 32.0 Å². The Bertz CT molecular complexity index is 326. The predicted octanol–water partition coefficient (Wildman–Crippen LogP) is 0.404. The zero-order chi connectivity index (χ0) is 10.5. The second kappa shape index (κ2) is 4.89. The lowest BCUT2D eigenvalue weighted by atomic mass is 10.2. The lowest BCUT2D eigenvalue weighted by Gasteiger charge is -2.17. The Kier molecular flexibility index (Phi) is 3.29. The number of nitrogens with one attached hydrogen (secondary N) is 1. The summed E-state index contributed by atoms with van der Waals surface area (Å²) in [6.07, 6.45) is 4.63. The van der Waals surface area contributed by atoms with E-state index in [-0.39, 0.29) is 5.91 Å². The molecular weight excluding hydrogens is 190 g/mol. The van der Waals surface area contributed by atoms with Gasteiger partial charge in [0.25, 0.3) is 0 Å². The van der Waals surface area contributed by atoms with Crippen LogP contribution in [0.4, 0.5) is 0 Å². The number of pyridine rings is 1. The third kappa shape index (κ3) is 3.02. The van der Waals surface area contributed by atoms with Crippen LogP contribution in [0.3, 0.4) is 0 Å². The summed E-state index contributed by atoms with van der Waals surface area (Å²) < 4.78 is 0. The molecule has 1 aliphatic rings. The minimum Gasteiger partial charge on any atom is -0.355 e. The van der Waals surface area contributed by atoms with E-state index < -0.39 is 0 Å². The number of hydrogen-bond donors (Lipinski definition) is 1. The highest BCUT2D eigenvalue weighted by Crippen LogP contribution is 2.04. The number of amides is 1. The summed E-state index contributed by atoms with van der Waals surface area (Å²) in [5, 5.41) is 2.86. The fourth-order valence-electron chi connectivity index (χ4n) is 1.75.